The van der Waals surface area contributed by atoms with Crippen molar-refractivity contribution in [1.29, 1.82) is 0 Å². The normalized spacial score (nSPS) is 10.4. The highest BCUT2D eigenvalue weighted by Gasteiger charge is 2.19. The number of non-ortho nitro benzene ring substituents is 1. The Morgan fingerprint density at radius 1 is 1.00 bits per heavy atom. The van der Waals surface area contributed by atoms with Gasteiger partial charge in [0, 0.05) is 6.07 Å². The van der Waals surface area contributed by atoms with E-state index in [2.05, 4.69) is 20.8 Å². The second kappa shape index (κ2) is 5.60. The lowest BCUT2D eigenvalue weighted by Crippen LogP contribution is -2.11. The summed E-state index contributed by atoms with van der Waals surface area (Å²) >= 11 is 0. The number of H-pyrrole nitrogens is 1. The number of rotatable bonds is 5. The van der Waals surface area contributed by atoms with Crippen molar-refractivity contribution in [3.63, 3.8) is 0 Å². The van der Waals surface area contributed by atoms with Crippen molar-refractivity contribution in [3.05, 3.63) is 62.7 Å². The molecular formula is C13H10N6O4. The molecule has 10 heteroatoms. The Kier molecular flexibility index (Phi) is 3.47. The lowest BCUT2D eigenvalue weighted by atomic mass is 10.2. The second-order valence-electron chi connectivity index (χ2n) is 4.57. The first-order chi connectivity index (χ1) is 11.0. The Balaban J connectivity index is 1.84. The summed E-state index contributed by atoms with van der Waals surface area (Å²) in [5.74, 6) is 0.360. The molecule has 0 aliphatic heterocycles. The summed E-state index contributed by atoms with van der Waals surface area (Å²) in [6.07, 6.45) is 0. The quantitative estimate of drug-likeness (QED) is 0.486. The smallest absolute Gasteiger partial charge is 0.300 e. The predicted octanol–water partition coefficient (Wildman–Crippen LogP) is 2.82. The first kappa shape index (κ1) is 14.3. The third kappa shape index (κ3) is 2.85. The number of nitrogens with zero attached hydrogens (tertiary/aromatic N) is 3. The maximum Gasteiger partial charge on any atom is 0.300 e. The van der Waals surface area contributed by atoms with Gasteiger partial charge < -0.3 is 4.98 Å². The molecule has 0 amide bonds. The molecule has 0 aliphatic rings. The van der Waals surface area contributed by atoms with Gasteiger partial charge in [-0.3, -0.25) is 31.1 Å². The number of nitrogens with one attached hydrogen (secondary N) is 3. The molecule has 1 heterocycles. The predicted molar refractivity (Wildman–Crippen MR) is 83.1 cm³/mol. The number of nitro groups is 2. The van der Waals surface area contributed by atoms with Crippen molar-refractivity contribution in [1.82, 2.24) is 9.97 Å². The van der Waals surface area contributed by atoms with Crippen LogP contribution in [0.2, 0.25) is 0 Å². The largest absolute Gasteiger partial charge is 0.323 e. The van der Waals surface area contributed by atoms with Gasteiger partial charge in [0.05, 0.1) is 26.9 Å². The van der Waals surface area contributed by atoms with Crippen LogP contribution in [0.15, 0.2) is 42.5 Å². The summed E-state index contributed by atoms with van der Waals surface area (Å²) in [4.78, 5) is 27.6. The van der Waals surface area contributed by atoms with Gasteiger partial charge in [-0.25, -0.2) is 4.98 Å². The van der Waals surface area contributed by atoms with E-state index >= 15 is 0 Å². The Morgan fingerprint density at radius 3 is 2.48 bits per heavy atom. The van der Waals surface area contributed by atoms with Gasteiger partial charge in [-0.15, -0.1) is 0 Å². The highest BCUT2D eigenvalue weighted by atomic mass is 16.6. The number of benzene rings is 2. The van der Waals surface area contributed by atoms with Crippen LogP contribution in [-0.2, 0) is 0 Å². The maximum absolute atomic E-state index is 11.0. The minimum atomic E-state index is -0.699. The Morgan fingerprint density at radius 2 is 1.78 bits per heavy atom. The molecule has 0 fully saturated rings. The maximum atomic E-state index is 11.0. The monoisotopic (exact) mass is 314 g/mol. The molecule has 0 saturated heterocycles. The minimum Gasteiger partial charge on any atom is -0.323 e. The van der Waals surface area contributed by atoms with Gasteiger partial charge in [0.25, 0.3) is 5.69 Å². The SMILES string of the molecule is O=[N+]([O-])c1ccc(NNc2nc3ccccc3[nH]2)c([N+](=O)[O-])c1. The third-order valence-electron chi connectivity index (χ3n) is 3.09. The topological polar surface area (TPSA) is 139 Å². The van der Waals surface area contributed by atoms with Gasteiger partial charge in [0.1, 0.15) is 5.69 Å². The minimum absolute atomic E-state index is 0.0843. The molecule has 0 radical (unpaired) electrons. The molecule has 0 bridgehead atoms. The molecule has 3 rings (SSSR count). The molecule has 10 nitrogen and oxygen atoms in total. The average Bonchev–Trinajstić information content (AvgIpc) is 2.95. The van der Waals surface area contributed by atoms with Crippen molar-refractivity contribution >= 4 is 34.0 Å². The zero-order chi connectivity index (χ0) is 16.4. The first-order valence-electron chi connectivity index (χ1n) is 6.44. The molecular weight excluding hydrogens is 304 g/mol. The number of hydrogen-bond acceptors (Lipinski definition) is 7. The number of para-hydroxylation sites is 2. The molecule has 0 atom stereocenters. The van der Waals surface area contributed by atoms with Crippen molar-refractivity contribution in [3.8, 4) is 0 Å². The van der Waals surface area contributed by atoms with Crippen LogP contribution in [0.1, 0.15) is 0 Å². The van der Waals surface area contributed by atoms with Crippen molar-refractivity contribution in [2.75, 3.05) is 10.9 Å². The van der Waals surface area contributed by atoms with Gasteiger partial charge in [0.2, 0.25) is 5.95 Å². The van der Waals surface area contributed by atoms with Crippen LogP contribution in [0.25, 0.3) is 11.0 Å². The number of hydrazine groups is 1. The molecule has 0 aliphatic carbocycles. The lowest BCUT2D eigenvalue weighted by molar-refractivity contribution is -0.393. The molecule has 3 N–H and O–H groups in total. The summed E-state index contributed by atoms with van der Waals surface area (Å²) in [7, 11) is 0. The molecule has 3 aromatic rings. The standard InChI is InChI=1S/C13H10N6O4/c20-18(21)8-5-6-11(12(7-8)19(22)23)16-17-13-14-9-3-1-2-4-10(9)15-13/h1-7,16H,(H2,14,15,17). The zero-order valence-electron chi connectivity index (χ0n) is 11.5. The summed E-state index contributed by atoms with van der Waals surface area (Å²) in [6, 6.07) is 10.7. The van der Waals surface area contributed by atoms with Crippen molar-refractivity contribution < 1.29 is 9.85 Å². The second-order valence-corrected chi connectivity index (χ2v) is 4.57. The number of fused-ring (bicyclic) bond motifs is 1. The lowest BCUT2D eigenvalue weighted by Gasteiger charge is -2.07. The van der Waals surface area contributed by atoms with E-state index in [1.54, 1.807) is 0 Å². The molecule has 1 aromatic heterocycles. The number of imidazole rings is 1. The molecule has 0 saturated carbocycles. The van der Waals surface area contributed by atoms with E-state index in [4.69, 9.17) is 0 Å². The van der Waals surface area contributed by atoms with E-state index in [-0.39, 0.29) is 11.4 Å². The molecule has 116 valence electrons. The fourth-order valence-electron chi connectivity index (χ4n) is 2.03. The third-order valence-corrected chi connectivity index (χ3v) is 3.09. The fourth-order valence-corrected chi connectivity index (χ4v) is 2.03. The van der Waals surface area contributed by atoms with Crippen molar-refractivity contribution in [2.24, 2.45) is 0 Å². The number of aromatic nitrogens is 2. The van der Waals surface area contributed by atoms with Gasteiger partial charge in [-0.2, -0.15) is 0 Å². The molecule has 0 unspecified atom stereocenters. The van der Waals surface area contributed by atoms with E-state index in [9.17, 15) is 20.2 Å². The van der Waals surface area contributed by atoms with Crippen LogP contribution in [0.3, 0.4) is 0 Å². The van der Waals surface area contributed by atoms with E-state index in [1.165, 1.54) is 12.1 Å². The van der Waals surface area contributed by atoms with Crippen LogP contribution in [0.5, 0.6) is 0 Å². The Bertz CT molecular complexity index is 873. The number of nitro benzene ring substituents is 2. The van der Waals surface area contributed by atoms with Crippen LogP contribution in [0.4, 0.5) is 23.0 Å². The Hall–Kier alpha value is -3.69. The van der Waals surface area contributed by atoms with Gasteiger partial charge in [-0.05, 0) is 18.2 Å². The number of aromatic amines is 1. The Labute approximate surface area is 128 Å². The summed E-state index contributed by atoms with van der Waals surface area (Å²) in [6.45, 7) is 0. The fraction of sp³-hybridized carbons (Fsp3) is 0. The zero-order valence-corrected chi connectivity index (χ0v) is 11.5. The number of hydrogen-bond donors (Lipinski definition) is 3. The average molecular weight is 314 g/mol. The van der Waals surface area contributed by atoms with E-state index < -0.39 is 15.5 Å². The molecule has 0 spiro atoms. The summed E-state index contributed by atoms with van der Waals surface area (Å²) < 4.78 is 0. The summed E-state index contributed by atoms with van der Waals surface area (Å²) in [5, 5.41) is 21.7. The first-order valence-corrected chi connectivity index (χ1v) is 6.44. The van der Waals surface area contributed by atoms with E-state index in [0.717, 1.165) is 17.1 Å². The van der Waals surface area contributed by atoms with Gasteiger partial charge in [0.15, 0.2) is 0 Å². The number of anilines is 2. The van der Waals surface area contributed by atoms with E-state index in [1.807, 2.05) is 24.3 Å². The molecule has 23 heavy (non-hydrogen) atoms. The van der Waals surface area contributed by atoms with Crippen LogP contribution in [-0.4, -0.2) is 19.8 Å². The van der Waals surface area contributed by atoms with Crippen LogP contribution >= 0.6 is 0 Å². The summed E-state index contributed by atoms with van der Waals surface area (Å²) in [5.41, 5.74) is 6.18. The van der Waals surface area contributed by atoms with Crippen LogP contribution < -0.4 is 10.9 Å². The van der Waals surface area contributed by atoms with Gasteiger partial charge in [-0.1, -0.05) is 12.1 Å². The van der Waals surface area contributed by atoms with Crippen molar-refractivity contribution in [2.45, 2.75) is 0 Å². The van der Waals surface area contributed by atoms with Crippen LogP contribution in [0, 0.1) is 20.2 Å². The van der Waals surface area contributed by atoms with E-state index in [0.29, 0.717) is 5.95 Å². The highest BCUT2D eigenvalue weighted by Crippen LogP contribution is 2.28. The van der Waals surface area contributed by atoms with Gasteiger partial charge >= 0.3 is 5.69 Å². The highest BCUT2D eigenvalue weighted by molar-refractivity contribution is 5.77. The molecule has 2 aromatic carbocycles.